The smallest absolute Gasteiger partial charge is 0.221 e. The second-order valence-corrected chi connectivity index (χ2v) is 3.55. The van der Waals surface area contributed by atoms with Gasteiger partial charge in [0, 0.05) is 26.1 Å². The van der Waals surface area contributed by atoms with Crippen LogP contribution in [0.5, 0.6) is 0 Å². The summed E-state index contributed by atoms with van der Waals surface area (Å²) in [5.74, 6) is 0.772. The summed E-state index contributed by atoms with van der Waals surface area (Å²) < 4.78 is 0. The number of hydrogen-bond acceptors (Lipinski definition) is 2. The Morgan fingerprint density at radius 3 is 2.46 bits per heavy atom. The van der Waals surface area contributed by atoms with E-state index in [0.717, 1.165) is 6.54 Å². The van der Waals surface area contributed by atoms with Crippen molar-refractivity contribution in [2.24, 2.45) is 5.92 Å². The lowest BCUT2D eigenvalue weighted by molar-refractivity contribution is -0.120. The Morgan fingerprint density at radius 1 is 1.38 bits per heavy atom. The van der Waals surface area contributed by atoms with E-state index in [2.05, 4.69) is 31.4 Å². The van der Waals surface area contributed by atoms with Crippen molar-refractivity contribution in [3.05, 3.63) is 0 Å². The predicted octanol–water partition coefficient (Wildman–Crippen LogP) is 1.15. The molecule has 78 valence electrons. The monoisotopic (exact) mass is 186 g/mol. The molecule has 0 aromatic carbocycles. The summed E-state index contributed by atoms with van der Waals surface area (Å²) in [6.45, 7) is 7.34. The van der Waals surface area contributed by atoms with Gasteiger partial charge >= 0.3 is 0 Å². The molecule has 0 rings (SSSR count). The quantitative estimate of drug-likeness (QED) is 0.653. The zero-order chi connectivity index (χ0) is 10.3. The molecule has 3 nitrogen and oxygen atoms in total. The van der Waals surface area contributed by atoms with Crippen LogP contribution < -0.4 is 10.6 Å². The molecule has 3 heteroatoms. The van der Waals surface area contributed by atoms with Crippen molar-refractivity contribution in [2.75, 3.05) is 13.6 Å². The summed E-state index contributed by atoms with van der Waals surface area (Å²) in [6, 6.07) is 0.495. The van der Waals surface area contributed by atoms with E-state index < -0.39 is 0 Å². The van der Waals surface area contributed by atoms with Crippen LogP contribution >= 0.6 is 0 Å². The Morgan fingerprint density at radius 2 is 2.00 bits per heavy atom. The van der Waals surface area contributed by atoms with Crippen LogP contribution in [0.4, 0.5) is 0 Å². The van der Waals surface area contributed by atoms with E-state index in [-0.39, 0.29) is 5.91 Å². The number of rotatable bonds is 6. The van der Waals surface area contributed by atoms with Crippen LogP contribution in [0.15, 0.2) is 0 Å². The molecular weight excluding hydrogens is 164 g/mol. The highest BCUT2D eigenvalue weighted by Gasteiger charge is 2.08. The Bertz CT molecular complexity index is 148. The molecule has 0 saturated carbocycles. The van der Waals surface area contributed by atoms with Gasteiger partial charge in [0.05, 0.1) is 0 Å². The first-order chi connectivity index (χ1) is 6.11. The largest absolute Gasteiger partial charge is 0.359 e. The fraction of sp³-hybridized carbons (Fsp3) is 0.900. The van der Waals surface area contributed by atoms with Gasteiger partial charge in [-0.3, -0.25) is 4.79 Å². The van der Waals surface area contributed by atoms with Crippen molar-refractivity contribution in [1.82, 2.24) is 10.6 Å². The zero-order valence-corrected chi connectivity index (χ0v) is 9.18. The Kier molecular flexibility index (Phi) is 6.59. The standard InChI is InChI=1S/C10H22N2O/c1-5-8(2)9(3)12-7-6-10(13)11-4/h8-9,12H,5-7H2,1-4H3,(H,11,13). The molecule has 2 N–H and O–H groups in total. The van der Waals surface area contributed by atoms with Crippen LogP contribution in [0.25, 0.3) is 0 Å². The SMILES string of the molecule is CCC(C)C(C)NCCC(=O)NC. The Balaban J connectivity index is 3.47. The second kappa shape index (κ2) is 6.89. The van der Waals surface area contributed by atoms with E-state index in [1.807, 2.05) is 0 Å². The molecule has 0 aliphatic carbocycles. The van der Waals surface area contributed by atoms with Gasteiger partial charge in [0.15, 0.2) is 0 Å². The first-order valence-corrected chi connectivity index (χ1v) is 5.05. The molecule has 0 bridgehead atoms. The molecule has 0 aromatic heterocycles. The molecule has 1 amide bonds. The normalized spacial score (nSPS) is 15.1. The summed E-state index contributed by atoms with van der Waals surface area (Å²) in [5, 5.41) is 5.94. The zero-order valence-electron chi connectivity index (χ0n) is 9.18. The highest BCUT2D eigenvalue weighted by atomic mass is 16.1. The molecular formula is C10H22N2O. The lowest BCUT2D eigenvalue weighted by atomic mass is 10.0. The average molecular weight is 186 g/mol. The highest BCUT2D eigenvalue weighted by molar-refractivity contribution is 5.75. The first kappa shape index (κ1) is 12.4. The van der Waals surface area contributed by atoms with Crippen molar-refractivity contribution in [3.8, 4) is 0 Å². The number of hydrogen-bond donors (Lipinski definition) is 2. The minimum absolute atomic E-state index is 0.101. The highest BCUT2D eigenvalue weighted by Crippen LogP contribution is 2.05. The van der Waals surface area contributed by atoms with Gasteiger partial charge in [-0.2, -0.15) is 0 Å². The third kappa shape index (κ3) is 5.64. The van der Waals surface area contributed by atoms with Gasteiger partial charge in [0.1, 0.15) is 0 Å². The maximum Gasteiger partial charge on any atom is 0.221 e. The van der Waals surface area contributed by atoms with E-state index in [4.69, 9.17) is 0 Å². The average Bonchev–Trinajstić information content (AvgIpc) is 2.15. The minimum Gasteiger partial charge on any atom is -0.359 e. The lowest BCUT2D eigenvalue weighted by Crippen LogP contribution is -2.34. The summed E-state index contributed by atoms with van der Waals surface area (Å²) in [4.78, 5) is 10.9. The second-order valence-electron chi connectivity index (χ2n) is 3.55. The molecule has 13 heavy (non-hydrogen) atoms. The van der Waals surface area contributed by atoms with Crippen molar-refractivity contribution >= 4 is 5.91 Å². The molecule has 0 heterocycles. The van der Waals surface area contributed by atoms with E-state index >= 15 is 0 Å². The van der Waals surface area contributed by atoms with Crippen LogP contribution in [0.1, 0.15) is 33.6 Å². The van der Waals surface area contributed by atoms with Crippen LogP contribution in [0, 0.1) is 5.92 Å². The van der Waals surface area contributed by atoms with Crippen LogP contribution in [-0.2, 0) is 4.79 Å². The van der Waals surface area contributed by atoms with E-state index in [1.54, 1.807) is 7.05 Å². The van der Waals surface area contributed by atoms with Crippen molar-refractivity contribution in [3.63, 3.8) is 0 Å². The number of carbonyl (C=O) groups excluding carboxylic acids is 1. The number of nitrogens with one attached hydrogen (secondary N) is 2. The van der Waals surface area contributed by atoms with Gasteiger partial charge < -0.3 is 10.6 Å². The van der Waals surface area contributed by atoms with Crippen LogP contribution in [0.2, 0.25) is 0 Å². The van der Waals surface area contributed by atoms with Gasteiger partial charge in [-0.15, -0.1) is 0 Å². The molecule has 0 spiro atoms. The molecule has 0 radical (unpaired) electrons. The molecule has 0 aliphatic rings. The topological polar surface area (TPSA) is 41.1 Å². The predicted molar refractivity (Wildman–Crippen MR) is 55.6 cm³/mol. The number of carbonyl (C=O) groups is 1. The van der Waals surface area contributed by atoms with Gasteiger partial charge in [-0.1, -0.05) is 20.3 Å². The summed E-state index contributed by atoms with van der Waals surface area (Å²) in [6.07, 6.45) is 1.74. The van der Waals surface area contributed by atoms with E-state index in [9.17, 15) is 4.79 Å². The van der Waals surface area contributed by atoms with E-state index in [1.165, 1.54) is 6.42 Å². The minimum atomic E-state index is 0.101. The number of amides is 1. The summed E-state index contributed by atoms with van der Waals surface area (Å²) in [7, 11) is 1.67. The lowest BCUT2D eigenvalue weighted by Gasteiger charge is -2.19. The molecule has 2 atom stereocenters. The van der Waals surface area contributed by atoms with Gasteiger partial charge in [-0.25, -0.2) is 0 Å². The van der Waals surface area contributed by atoms with Gasteiger partial charge in [-0.05, 0) is 12.8 Å². The van der Waals surface area contributed by atoms with Crippen LogP contribution in [-0.4, -0.2) is 25.5 Å². The third-order valence-corrected chi connectivity index (χ3v) is 2.59. The Labute approximate surface area is 81.3 Å². The maximum atomic E-state index is 10.9. The fourth-order valence-electron chi connectivity index (χ4n) is 1.09. The Hall–Kier alpha value is -0.570. The molecule has 0 fully saturated rings. The maximum absolute atomic E-state index is 10.9. The molecule has 0 aromatic rings. The van der Waals surface area contributed by atoms with Crippen molar-refractivity contribution in [2.45, 2.75) is 39.7 Å². The fourth-order valence-corrected chi connectivity index (χ4v) is 1.09. The molecule has 0 aliphatic heterocycles. The third-order valence-electron chi connectivity index (χ3n) is 2.59. The molecule has 0 saturated heterocycles. The van der Waals surface area contributed by atoms with Crippen LogP contribution in [0.3, 0.4) is 0 Å². The first-order valence-electron chi connectivity index (χ1n) is 5.05. The van der Waals surface area contributed by atoms with Crippen molar-refractivity contribution < 1.29 is 4.79 Å². The summed E-state index contributed by atoms with van der Waals surface area (Å²) >= 11 is 0. The van der Waals surface area contributed by atoms with Gasteiger partial charge in [0.25, 0.3) is 0 Å². The van der Waals surface area contributed by atoms with Crippen molar-refractivity contribution in [1.29, 1.82) is 0 Å². The summed E-state index contributed by atoms with van der Waals surface area (Å²) in [5.41, 5.74) is 0. The molecule has 2 unspecified atom stereocenters. The van der Waals surface area contributed by atoms with Gasteiger partial charge in [0.2, 0.25) is 5.91 Å². The van der Waals surface area contributed by atoms with E-state index in [0.29, 0.717) is 18.4 Å².